The quantitative estimate of drug-likeness (QED) is 0.539. The van der Waals surface area contributed by atoms with E-state index < -0.39 is 5.69 Å². The van der Waals surface area contributed by atoms with Crippen molar-refractivity contribution in [1.82, 2.24) is 14.9 Å². The molecule has 0 radical (unpaired) electrons. The van der Waals surface area contributed by atoms with Crippen LogP contribution in [0.4, 0.5) is 0 Å². The lowest BCUT2D eigenvalue weighted by molar-refractivity contribution is -0.121. The van der Waals surface area contributed by atoms with Crippen molar-refractivity contribution in [2.75, 3.05) is 7.11 Å². The lowest BCUT2D eigenvalue weighted by Gasteiger charge is -2.13. The Morgan fingerprint density at radius 1 is 0.967 bits per heavy atom. The average molecular weight is 399 g/mol. The van der Waals surface area contributed by atoms with Gasteiger partial charge in [0, 0.05) is 17.5 Å². The van der Waals surface area contributed by atoms with E-state index in [-0.39, 0.29) is 12.5 Å². The Balaban J connectivity index is 1.59. The number of ether oxygens (including phenoxy) is 1. The number of hydrogen-bond donors (Lipinski definition) is 1. The molecule has 1 aromatic heterocycles. The molecule has 6 nitrogen and oxygen atoms in total. The van der Waals surface area contributed by atoms with Crippen LogP contribution in [0.15, 0.2) is 83.7 Å². The fraction of sp³-hybridized carbons (Fsp3) is 0.125. The molecular weight excluding hydrogens is 378 g/mol. The zero-order chi connectivity index (χ0) is 20.9. The van der Waals surface area contributed by atoms with Gasteiger partial charge in [-0.15, -0.1) is 0 Å². The van der Waals surface area contributed by atoms with E-state index in [2.05, 4.69) is 10.3 Å². The van der Waals surface area contributed by atoms with Gasteiger partial charge in [0.1, 0.15) is 12.3 Å². The molecule has 0 fully saturated rings. The van der Waals surface area contributed by atoms with Crippen molar-refractivity contribution in [2.45, 2.75) is 13.1 Å². The molecule has 0 saturated heterocycles. The maximum Gasteiger partial charge on any atom is 0.349 e. The van der Waals surface area contributed by atoms with E-state index in [9.17, 15) is 9.59 Å². The van der Waals surface area contributed by atoms with Gasteiger partial charge in [-0.1, -0.05) is 60.7 Å². The summed E-state index contributed by atoms with van der Waals surface area (Å²) < 4.78 is 6.54. The standard InChI is InChI=1S/C24H21N3O3/c1-30-19-13-11-17(12-14-19)15-25-22(28)16-27-21-10-6-5-9-20(21)23(26-24(27)29)18-7-3-2-4-8-18/h2-14H,15-16H2,1H3,(H,25,28). The number of nitrogens with one attached hydrogen (secondary N) is 1. The molecule has 30 heavy (non-hydrogen) atoms. The average Bonchev–Trinajstić information content (AvgIpc) is 2.80. The van der Waals surface area contributed by atoms with Crippen molar-refractivity contribution < 1.29 is 9.53 Å². The van der Waals surface area contributed by atoms with Crippen molar-refractivity contribution in [1.29, 1.82) is 0 Å². The fourth-order valence-corrected chi connectivity index (χ4v) is 3.34. The molecule has 0 spiro atoms. The van der Waals surface area contributed by atoms with Crippen LogP contribution < -0.4 is 15.7 Å². The molecule has 0 aliphatic rings. The number of hydrogen-bond acceptors (Lipinski definition) is 4. The number of carbonyl (C=O) groups excluding carboxylic acids is 1. The van der Waals surface area contributed by atoms with Crippen LogP contribution in [0, 0.1) is 0 Å². The summed E-state index contributed by atoms with van der Waals surface area (Å²) in [6, 6.07) is 24.5. The minimum atomic E-state index is -0.452. The number of rotatable bonds is 6. The second kappa shape index (κ2) is 8.61. The number of carbonyl (C=O) groups is 1. The zero-order valence-electron chi connectivity index (χ0n) is 16.5. The molecule has 4 aromatic rings. The number of fused-ring (bicyclic) bond motifs is 1. The van der Waals surface area contributed by atoms with Crippen LogP contribution in [0.5, 0.6) is 5.75 Å². The zero-order valence-corrected chi connectivity index (χ0v) is 16.5. The van der Waals surface area contributed by atoms with Gasteiger partial charge < -0.3 is 10.1 Å². The van der Waals surface area contributed by atoms with E-state index in [0.717, 1.165) is 22.3 Å². The Morgan fingerprint density at radius 2 is 1.67 bits per heavy atom. The smallest absolute Gasteiger partial charge is 0.349 e. The van der Waals surface area contributed by atoms with Crippen molar-refractivity contribution in [3.05, 3.63) is 94.9 Å². The molecule has 3 aromatic carbocycles. The Labute approximate surface area is 173 Å². The fourth-order valence-electron chi connectivity index (χ4n) is 3.34. The van der Waals surface area contributed by atoms with Crippen LogP contribution in [-0.2, 0) is 17.9 Å². The minimum absolute atomic E-state index is 0.0996. The Hall–Kier alpha value is -3.93. The largest absolute Gasteiger partial charge is 0.497 e. The molecule has 1 N–H and O–H groups in total. The second-order valence-electron chi connectivity index (χ2n) is 6.84. The third-order valence-electron chi connectivity index (χ3n) is 4.89. The maximum absolute atomic E-state index is 12.8. The van der Waals surface area contributed by atoms with E-state index in [4.69, 9.17) is 4.74 Å². The third kappa shape index (κ3) is 4.07. The van der Waals surface area contributed by atoms with Crippen LogP contribution in [0.25, 0.3) is 22.2 Å². The van der Waals surface area contributed by atoms with Crippen LogP contribution in [-0.4, -0.2) is 22.6 Å². The Kier molecular flexibility index (Phi) is 5.57. The van der Waals surface area contributed by atoms with Gasteiger partial charge in [-0.2, -0.15) is 4.98 Å². The van der Waals surface area contributed by atoms with Gasteiger partial charge in [0.15, 0.2) is 0 Å². The number of methoxy groups -OCH3 is 1. The molecule has 0 unspecified atom stereocenters. The van der Waals surface area contributed by atoms with Gasteiger partial charge in [0.2, 0.25) is 5.91 Å². The first-order chi connectivity index (χ1) is 14.7. The molecule has 6 heteroatoms. The summed E-state index contributed by atoms with van der Waals surface area (Å²) in [6.07, 6.45) is 0. The Morgan fingerprint density at radius 3 is 2.40 bits per heavy atom. The van der Waals surface area contributed by atoms with Gasteiger partial charge in [0.05, 0.1) is 18.3 Å². The summed E-state index contributed by atoms with van der Waals surface area (Å²) in [6.45, 7) is 0.266. The van der Waals surface area contributed by atoms with E-state index in [1.54, 1.807) is 7.11 Å². The normalized spacial score (nSPS) is 10.7. The maximum atomic E-state index is 12.8. The topological polar surface area (TPSA) is 73.2 Å². The SMILES string of the molecule is COc1ccc(CNC(=O)Cn2c(=O)nc(-c3ccccc3)c3ccccc32)cc1. The molecule has 0 bridgehead atoms. The summed E-state index contributed by atoms with van der Waals surface area (Å²) in [4.78, 5) is 29.6. The van der Waals surface area contributed by atoms with Crippen molar-refractivity contribution in [3.63, 3.8) is 0 Å². The van der Waals surface area contributed by atoms with Gasteiger partial charge in [-0.3, -0.25) is 9.36 Å². The molecule has 0 aliphatic heterocycles. The molecule has 4 rings (SSSR count). The Bertz CT molecular complexity index is 1230. The summed E-state index contributed by atoms with van der Waals surface area (Å²) in [5, 5.41) is 3.68. The lowest BCUT2D eigenvalue weighted by Crippen LogP contribution is -2.33. The number of nitrogens with zero attached hydrogens (tertiary/aromatic N) is 2. The predicted molar refractivity (Wildman–Crippen MR) is 116 cm³/mol. The van der Waals surface area contributed by atoms with Crippen LogP contribution in [0.3, 0.4) is 0 Å². The first-order valence-electron chi connectivity index (χ1n) is 9.60. The molecule has 1 amide bonds. The highest BCUT2D eigenvalue weighted by atomic mass is 16.5. The lowest BCUT2D eigenvalue weighted by atomic mass is 10.1. The van der Waals surface area contributed by atoms with Crippen LogP contribution in [0.2, 0.25) is 0 Å². The number of para-hydroxylation sites is 1. The summed E-state index contributed by atoms with van der Waals surface area (Å²) >= 11 is 0. The van der Waals surface area contributed by atoms with Crippen molar-refractivity contribution in [3.8, 4) is 17.0 Å². The number of amides is 1. The highest BCUT2D eigenvalue weighted by molar-refractivity contribution is 5.93. The molecule has 150 valence electrons. The van der Waals surface area contributed by atoms with Gasteiger partial charge >= 0.3 is 5.69 Å². The minimum Gasteiger partial charge on any atom is -0.497 e. The first kappa shape index (κ1) is 19.4. The summed E-state index contributed by atoms with van der Waals surface area (Å²) in [5.41, 5.74) is 2.65. The molecule has 0 atom stereocenters. The molecule has 0 saturated carbocycles. The molecular formula is C24H21N3O3. The predicted octanol–water partition coefficient (Wildman–Crippen LogP) is 3.39. The van der Waals surface area contributed by atoms with E-state index in [1.165, 1.54) is 4.57 Å². The highest BCUT2D eigenvalue weighted by Crippen LogP contribution is 2.24. The second-order valence-corrected chi connectivity index (χ2v) is 6.84. The monoisotopic (exact) mass is 399 g/mol. The van der Waals surface area contributed by atoms with Crippen molar-refractivity contribution in [2.24, 2.45) is 0 Å². The third-order valence-corrected chi connectivity index (χ3v) is 4.89. The van der Waals surface area contributed by atoms with Crippen LogP contribution in [0.1, 0.15) is 5.56 Å². The first-order valence-corrected chi connectivity index (χ1v) is 9.60. The van der Waals surface area contributed by atoms with Gasteiger partial charge in [-0.05, 0) is 23.8 Å². The number of benzene rings is 3. The van der Waals surface area contributed by atoms with Crippen molar-refractivity contribution >= 4 is 16.8 Å². The molecule has 0 aliphatic carbocycles. The summed E-state index contributed by atoms with van der Waals surface area (Å²) in [5.74, 6) is 0.500. The van der Waals surface area contributed by atoms with E-state index >= 15 is 0 Å². The summed E-state index contributed by atoms with van der Waals surface area (Å²) in [7, 11) is 1.61. The van der Waals surface area contributed by atoms with E-state index in [0.29, 0.717) is 17.8 Å². The highest BCUT2D eigenvalue weighted by Gasteiger charge is 2.14. The van der Waals surface area contributed by atoms with Gasteiger partial charge in [-0.25, -0.2) is 4.79 Å². The number of aromatic nitrogens is 2. The van der Waals surface area contributed by atoms with E-state index in [1.807, 2.05) is 78.9 Å². The van der Waals surface area contributed by atoms with Crippen LogP contribution >= 0.6 is 0 Å². The van der Waals surface area contributed by atoms with Gasteiger partial charge in [0.25, 0.3) is 0 Å². The molecule has 1 heterocycles.